The van der Waals surface area contributed by atoms with Gasteiger partial charge in [0.25, 0.3) is 0 Å². The maximum atomic E-state index is 12.4. The van der Waals surface area contributed by atoms with Gasteiger partial charge in [-0.15, -0.1) is 11.3 Å². The number of aromatic amines is 1. The number of fused-ring (bicyclic) bond motifs is 1. The summed E-state index contributed by atoms with van der Waals surface area (Å²) in [5.74, 6) is 1.05. The predicted octanol–water partition coefficient (Wildman–Crippen LogP) is 4.55. The van der Waals surface area contributed by atoms with Crippen molar-refractivity contribution in [3.05, 3.63) is 44.0 Å². The fourth-order valence-corrected chi connectivity index (χ4v) is 3.77. The van der Waals surface area contributed by atoms with E-state index in [1.807, 2.05) is 5.38 Å². The summed E-state index contributed by atoms with van der Waals surface area (Å²) in [5, 5.41) is 3.47. The Bertz CT molecular complexity index is 899. The SMILES string of the molecule is COc1ccc2c(=O)cc(-c3nc(C(C)C)cs3)[nH]c2c1Br. The van der Waals surface area contributed by atoms with Crippen LogP contribution in [0.2, 0.25) is 0 Å². The van der Waals surface area contributed by atoms with E-state index >= 15 is 0 Å². The van der Waals surface area contributed by atoms with E-state index in [1.165, 1.54) is 11.3 Å². The minimum Gasteiger partial charge on any atom is -0.495 e. The monoisotopic (exact) mass is 378 g/mol. The molecule has 0 atom stereocenters. The molecular weight excluding hydrogens is 364 g/mol. The molecule has 1 N–H and O–H groups in total. The first-order chi connectivity index (χ1) is 10.5. The summed E-state index contributed by atoms with van der Waals surface area (Å²) >= 11 is 5.04. The van der Waals surface area contributed by atoms with Gasteiger partial charge in [0.05, 0.1) is 28.5 Å². The number of aromatic nitrogens is 2. The Labute approximate surface area is 140 Å². The molecule has 4 nitrogen and oxygen atoms in total. The molecule has 0 aliphatic rings. The van der Waals surface area contributed by atoms with Crippen LogP contribution >= 0.6 is 27.3 Å². The van der Waals surface area contributed by atoms with Crippen molar-refractivity contribution in [1.29, 1.82) is 0 Å². The van der Waals surface area contributed by atoms with Crippen molar-refractivity contribution in [1.82, 2.24) is 9.97 Å². The van der Waals surface area contributed by atoms with Crippen LogP contribution < -0.4 is 10.2 Å². The van der Waals surface area contributed by atoms with Gasteiger partial charge >= 0.3 is 0 Å². The molecule has 2 heterocycles. The van der Waals surface area contributed by atoms with E-state index in [9.17, 15) is 4.79 Å². The van der Waals surface area contributed by atoms with Gasteiger partial charge in [0.2, 0.25) is 0 Å². The van der Waals surface area contributed by atoms with Gasteiger partial charge in [0, 0.05) is 16.8 Å². The van der Waals surface area contributed by atoms with E-state index in [1.54, 1.807) is 25.3 Å². The molecule has 0 bridgehead atoms. The number of hydrogen-bond acceptors (Lipinski definition) is 4. The molecule has 0 unspecified atom stereocenters. The number of nitrogens with zero attached hydrogens (tertiary/aromatic N) is 1. The van der Waals surface area contributed by atoms with Crippen molar-refractivity contribution in [3.63, 3.8) is 0 Å². The highest BCUT2D eigenvalue weighted by Crippen LogP contribution is 2.32. The smallest absolute Gasteiger partial charge is 0.190 e. The molecular formula is C16H15BrN2O2S. The molecule has 0 saturated carbocycles. The van der Waals surface area contributed by atoms with Crippen molar-refractivity contribution < 1.29 is 4.74 Å². The van der Waals surface area contributed by atoms with Crippen LogP contribution in [0.1, 0.15) is 25.5 Å². The quantitative estimate of drug-likeness (QED) is 0.727. The number of methoxy groups -OCH3 is 1. The number of H-pyrrole nitrogens is 1. The maximum Gasteiger partial charge on any atom is 0.190 e. The highest BCUT2D eigenvalue weighted by molar-refractivity contribution is 9.10. The molecule has 0 aliphatic carbocycles. The van der Waals surface area contributed by atoms with Crippen LogP contribution in [0.3, 0.4) is 0 Å². The molecule has 0 saturated heterocycles. The van der Waals surface area contributed by atoms with E-state index in [2.05, 4.69) is 39.7 Å². The van der Waals surface area contributed by atoms with Crippen molar-refractivity contribution in [2.75, 3.05) is 7.11 Å². The second-order valence-corrected chi connectivity index (χ2v) is 6.93. The number of rotatable bonds is 3. The van der Waals surface area contributed by atoms with E-state index in [0.29, 0.717) is 17.1 Å². The zero-order valence-corrected chi connectivity index (χ0v) is 14.8. The molecule has 22 heavy (non-hydrogen) atoms. The summed E-state index contributed by atoms with van der Waals surface area (Å²) in [6.45, 7) is 4.20. The molecule has 0 spiro atoms. The standard InChI is InChI=1S/C16H15BrN2O2S/c1-8(2)11-7-22-16(19-11)10-6-12(20)9-4-5-13(21-3)14(17)15(9)18-10/h4-8H,1-3H3,(H,18,20). The van der Waals surface area contributed by atoms with E-state index in [0.717, 1.165) is 26.4 Å². The Kier molecular flexibility index (Phi) is 4.06. The van der Waals surface area contributed by atoms with Crippen LogP contribution in [-0.4, -0.2) is 17.1 Å². The van der Waals surface area contributed by atoms with Gasteiger partial charge in [-0.25, -0.2) is 4.98 Å². The number of pyridine rings is 1. The van der Waals surface area contributed by atoms with Gasteiger partial charge in [-0.05, 0) is 34.0 Å². The third kappa shape index (κ3) is 2.57. The normalized spacial score (nSPS) is 11.3. The summed E-state index contributed by atoms with van der Waals surface area (Å²) in [5.41, 5.74) is 2.45. The summed E-state index contributed by atoms with van der Waals surface area (Å²) in [7, 11) is 1.60. The summed E-state index contributed by atoms with van der Waals surface area (Å²) in [6, 6.07) is 5.15. The molecule has 0 radical (unpaired) electrons. The van der Waals surface area contributed by atoms with Gasteiger partial charge in [0.15, 0.2) is 5.43 Å². The fraction of sp³-hybridized carbons (Fsp3) is 0.250. The van der Waals surface area contributed by atoms with Gasteiger partial charge in [-0.1, -0.05) is 13.8 Å². The lowest BCUT2D eigenvalue weighted by Gasteiger charge is -2.08. The van der Waals surface area contributed by atoms with Crippen LogP contribution in [0.25, 0.3) is 21.6 Å². The Morgan fingerprint density at radius 1 is 1.36 bits per heavy atom. The molecule has 1 aromatic carbocycles. The summed E-state index contributed by atoms with van der Waals surface area (Å²) in [4.78, 5) is 20.3. The Balaban J connectivity index is 2.22. The van der Waals surface area contributed by atoms with E-state index in [4.69, 9.17) is 4.74 Å². The topological polar surface area (TPSA) is 55.0 Å². The van der Waals surface area contributed by atoms with Crippen molar-refractivity contribution >= 4 is 38.2 Å². The summed E-state index contributed by atoms with van der Waals surface area (Å²) < 4.78 is 6.03. The van der Waals surface area contributed by atoms with Crippen LogP contribution in [0.15, 0.2) is 32.8 Å². The first-order valence-corrected chi connectivity index (χ1v) is 8.54. The molecule has 3 rings (SSSR count). The largest absolute Gasteiger partial charge is 0.495 e. The van der Waals surface area contributed by atoms with E-state index in [-0.39, 0.29) is 5.43 Å². The molecule has 0 amide bonds. The molecule has 114 valence electrons. The van der Waals surface area contributed by atoms with Crippen molar-refractivity contribution in [3.8, 4) is 16.5 Å². The molecule has 0 fully saturated rings. The Morgan fingerprint density at radius 3 is 2.77 bits per heavy atom. The highest BCUT2D eigenvalue weighted by Gasteiger charge is 2.13. The first kappa shape index (κ1) is 15.2. The fourth-order valence-electron chi connectivity index (χ4n) is 2.21. The van der Waals surface area contributed by atoms with Crippen molar-refractivity contribution in [2.24, 2.45) is 0 Å². The zero-order chi connectivity index (χ0) is 15.9. The highest BCUT2D eigenvalue weighted by atomic mass is 79.9. The molecule has 2 aromatic heterocycles. The van der Waals surface area contributed by atoms with Crippen LogP contribution in [0.4, 0.5) is 0 Å². The van der Waals surface area contributed by atoms with Crippen LogP contribution in [0, 0.1) is 0 Å². The Morgan fingerprint density at radius 2 is 2.14 bits per heavy atom. The molecule has 6 heteroatoms. The van der Waals surface area contributed by atoms with Gasteiger partial charge < -0.3 is 9.72 Å². The first-order valence-electron chi connectivity index (χ1n) is 6.86. The number of nitrogens with one attached hydrogen (secondary N) is 1. The number of ether oxygens (including phenoxy) is 1. The van der Waals surface area contributed by atoms with Crippen LogP contribution in [-0.2, 0) is 0 Å². The number of hydrogen-bond donors (Lipinski definition) is 1. The number of thiazole rings is 1. The average Bonchev–Trinajstić information content (AvgIpc) is 2.98. The van der Waals surface area contributed by atoms with Gasteiger partial charge in [-0.3, -0.25) is 4.79 Å². The third-order valence-corrected chi connectivity index (χ3v) is 5.15. The van der Waals surface area contributed by atoms with Gasteiger partial charge in [-0.2, -0.15) is 0 Å². The predicted molar refractivity (Wildman–Crippen MR) is 94.0 cm³/mol. The minimum absolute atomic E-state index is 0.0339. The number of benzene rings is 1. The lowest BCUT2D eigenvalue weighted by molar-refractivity contribution is 0.413. The van der Waals surface area contributed by atoms with Crippen LogP contribution in [0.5, 0.6) is 5.75 Å². The maximum absolute atomic E-state index is 12.4. The molecule has 3 aromatic rings. The second kappa shape index (κ2) is 5.85. The third-order valence-electron chi connectivity index (χ3n) is 3.47. The van der Waals surface area contributed by atoms with Gasteiger partial charge in [0.1, 0.15) is 10.8 Å². The average molecular weight is 379 g/mol. The lowest BCUT2D eigenvalue weighted by atomic mass is 10.1. The number of halogens is 1. The van der Waals surface area contributed by atoms with E-state index < -0.39 is 0 Å². The second-order valence-electron chi connectivity index (χ2n) is 5.28. The summed E-state index contributed by atoms with van der Waals surface area (Å²) in [6.07, 6.45) is 0. The Hall–Kier alpha value is -1.66. The minimum atomic E-state index is -0.0339. The lowest BCUT2D eigenvalue weighted by Crippen LogP contribution is -2.04. The van der Waals surface area contributed by atoms with Crippen molar-refractivity contribution in [2.45, 2.75) is 19.8 Å². The zero-order valence-electron chi connectivity index (χ0n) is 12.4. The molecule has 0 aliphatic heterocycles.